The van der Waals surface area contributed by atoms with Gasteiger partial charge >= 0.3 is 0 Å². The van der Waals surface area contributed by atoms with Crippen LogP contribution in [0.4, 0.5) is 0 Å². The van der Waals surface area contributed by atoms with Crippen LogP contribution in [0.2, 0.25) is 15.2 Å². The molecule has 0 atom stereocenters. The van der Waals surface area contributed by atoms with Crippen LogP contribution in [0.25, 0.3) is 0 Å². The molecule has 2 aromatic rings. The molecule has 2 heterocycles. The summed E-state index contributed by atoms with van der Waals surface area (Å²) < 4.78 is 3.36. The molecule has 0 saturated carbocycles. The van der Waals surface area contributed by atoms with E-state index in [9.17, 15) is 4.79 Å². The van der Waals surface area contributed by atoms with Crippen molar-refractivity contribution in [1.82, 2.24) is 24.9 Å². The lowest BCUT2D eigenvalue weighted by atomic mass is 10.3. The van der Waals surface area contributed by atoms with Gasteiger partial charge in [-0.3, -0.25) is 14.2 Å². The van der Waals surface area contributed by atoms with Crippen molar-refractivity contribution in [1.29, 1.82) is 0 Å². The first-order valence-corrected chi connectivity index (χ1v) is 8.36. The maximum Gasteiger partial charge on any atom is 0.221 e. The number of aromatic nitrogens is 4. The quantitative estimate of drug-likeness (QED) is 0.752. The zero-order valence-electron chi connectivity index (χ0n) is 12.9. The Morgan fingerprint density at radius 1 is 1.22 bits per heavy atom. The number of aryl methyl sites for hydroxylation is 3. The van der Waals surface area contributed by atoms with E-state index < -0.39 is 0 Å². The van der Waals surface area contributed by atoms with Crippen molar-refractivity contribution in [2.45, 2.75) is 39.8 Å². The first kappa shape index (κ1) is 18.1. The summed E-state index contributed by atoms with van der Waals surface area (Å²) in [6, 6.07) is 0. The smallest absolute Gasteiger partial charge is 0.221 e. The van der Waals surface area contributed by atoms with E-state index in [1.54, 1.807) is 22.5 Å². The van der Waals surface area contributed by atoms with Gasteiger partial charge in [0.2, 0.25) is 5.91 Å². The zero-order valence-corrected chi connectivity index (χ0v) is 15.2. The standard InChI is InChI=1S/C14H18Cl3N5O/c1-9-13(16)14(17)22(20-9)6-3-5-18-12(23)4-7-21-10(2)11(15)8-19-21/h8H,3-7H2,1-2H3,(H,18,23). The summed E-state index contributed by atoms with van der Waals surface area (Å²) in [6.07, 6.45) is 2.65. The van der Waals surface area contributed by atoms with E-state index in [4.69, 9.17) is 34.8 Å². The normalized spacial score (nSPS) is 11.0. The number of nitrogens with one attached hydrogen (secondary N) is 1. The Morgan fingerprint density at radius 3 is 2.52 bits per heavy atom. The van der Waals surface area contributed by atoms with Gasteiger partial charge in [0.05, 0.1) is 29.2 Å². The third-order valence-corrected chi connectivity index (χ3v) is 4.76. The van der Waals surface area contributed by atoms with Crippen molar-refractivity contribution >= 4 is 40.7 Å². The monoisotopic (exact) mass is 377 g/mol. The Bertz CT molecular complexity index is 695. The molecule has 0 saturated heterocycles. The highest BCUT2D eigenvalue weighted by molar-refractivity contribution is 6.41. The summed E-state index contributed by atoms with van der Waals surface area (Å²) in [5, 5.41) is 12.7. The molecule has 0 unspecified atom stereocenters. The van der Waals surface area contributed by atoms with E-state index in [0.29, 0.717) is 46.9 Å². The minimum Gasteiger partial charge on any atom is -0.356 e. The highest BCUT2D eigenvalue weighted by atomic mass is 35.5. The van der Waals surface area contributed by atoms with Crippen LogP contribution in [0.3, 0.4) is 0 Å². The summed E-state index contributed by atoms with van der Waals surface area (Å²) in [5.74, 6) is -0.0307. The van der Waals surface area contributed by atoms with E-state index in [1.807, 2.05) is 6.92 Å². The second-order valence-corrected chi connectivity index (χ2v) is 6.31. The highest BCUT2D eigenvalue weighted by Gasteiger charge is 2.11. The predicted octanol–water partition coefficient (Wildman–Crippen LogP) is 3.25. The Balaban J connectivity index is 1.69. The molecular formula is C14H18Cl3N5O. The molecule has 9 heteroatoms. The number of hydrogen-bond acceptors (Lipinski definition) is 3. The van der Waals surface area contributed by atoms with E-state index in [0.717, 1.165) is 12.1 Å². The summed E-state index contributed by atoms with van der Waals surface area (Å²) in [5.41, 5.74) is 1.56. The van der Waals surface area contributed by atoms with Gasteiger partial charge in [0.15, 0.2) is 0 Å². The van der Waals surface area contributed by atoms with Crippen LogP contribution in [0, 0.1) is 13.8 Å². The van der Waals surface area contributed by atoms with Crippen molar-refractivity contribution in [2.75, 3.05) is 6.54 Å². The van der Waals surface area contributed by atoms with Gasteiger partial charge in [-0.1, -0.05) is 34.8 Å². The number of nitrogens with zero attached hydrogens (tertiary/aromatic N) is 4. The van der Waals surface area contributed by atoms with Crippen molar-refractivity contribution in [2.24, 2.45) is 0 Å². The minimum absolute atomic E-state index is 0.0307. The number of hydrogen-bond donors (Lipinski definition) is 1. The van der Waals surface area contributed by atoms with Gasteiger partial charge in [0, 0.05) is 19.5 Å². The Morgan fingerprint density at radius 2 is 1.96 bits per heavy atom. The first-order chi connectivity index (χ1) is 10.9. The molecule has 6 nitrogen and oxygen atoms in total. The van der Waals surface area contributed by atoms with Gasteiger partial charge in [-0.25, -0.2) is 0 Å². The van der Waals surface area contributed by atoms with Gasteiger partial charge < -0.3 is 5.32 Å². The molecule has 0 aliphatic carbocycles. The minimum atomic E-state index is -0.0307. The third-order valence-electron chi connectivity index (χ3n) is 3.46. The average molecular weight is 379 g/mol. The van der Waals surface area contributed by atoms with Crippen LogP contribution in [0.5, 0.6) is 0 Å². The second kappa shape index (κ2) is 8.04. The maximum atomic E-state index is 11.8. The second-order valence-electron chi connectivity index (χ2n) is 5.17. The van der Waals surface area contributed by atoms with Crippen LogP contribution >= 0.6 is 34.8 Å². The van der Waals surface area contributed by atoms with E-state index in [2.05, 4.69) is 15.5 Å². The summed E-state index contributed by atoms with van der Waals surface area (Å²) in [6.45, 7) is 5.32. The SMILES string of the molecule is Cc1nn(CCCNC(=O)CCn2ncc(Cl)c2C)c(Cl)c1Cl. The molecule has 0 bridgehead atoms. The van der Waals surface area contributed by atoms with Crippen LogP contribution in [-0.4, -0.2) is 32.0 Å². The molecule has 0 fully saturated rings. The van der Waals surface area contributed by atoms with Crippen molar-refractivity contribution in [3.05, 3.63) is 32.8 Å². The van der Waals surface area contributed by atoms with Crippen molar-refractivity contribution in [3.8, 4) is 0 Å². The Hall–Kier alpha value is -1.24. The van der Waals surface area contributed by atoms with Crippen LogP contribution < -0.4 is 5.32 Å². The van der Waals surface area contributed by atoms with Crippen molar-refractivity contribution in [3.63, 3.8) is 0 Å². The largest absolute Gasteiger partial charge is 0.356 e. The zero-order chi connectivity index (χ0) is 17.0. The third kappa shape index (κ3) is 4.62. The fourth-order valence-corrected chi connectivity index (χ4v) is 2.62. The van der Waals surface area contributed by atoms with E-state index >= 15 is 0 Å². The van der Waals surface area contributed by atoms with E-state index in [-0.39, 0.29) is 5.91 Å². The number of amides is 1. The lowest BCUT2D eigenvalue weighted by Crippen LogP contribution is -2.26. The predicted molar refractivity (Wildman–Crippen MR) is 91.2 cm³/mol. The van der Waals surface area contributed by atoms with Crippen molar-refractivity contribution < 1.29 is 4.79 Å². The molecule has 0 aliphatic rings. The maximum absolute atomic E-state index is 11.8. The van der Waals surface area contributed by atoms with Gasteiger partial charge in [0.25, 0.3) is 0 Å². The van der Waals surface area contributed by atoms with Gasteiger partial charge in [-0.05, 0) is 20.3 Å². The van der Waals surface area contributed by atoms with Crippen LogP contribution in [0.15, 0.2) is 6.20 Å². The lowest BCUT2D eigenvalue weighted by molar-refractivity contribution is -0.121. The number of rotatable bonds is 7. The molecule has 23 heavy (non-hydrogen) atoms. The molecule has 0 aromatic carbocycles. The lowest BCUT2D eigenvalue weighted by Gasteiger charge is -2.07. The molecule has 1 N–H and O–H groups in total. The summed E-state index contributed by atoms with van der Waals surface area (Å²) >= 11 is 17.9. The molecule has 0 aliphatic heterocycles. The fraction of sp³-hybridized carbons (Fsp3) is 0.500. The number of halogens is 3. The first-order valence-electron chi connectivity index (χ1n) is 7.23. The Labute approximate surface area is 149 Å². The summed E-state index contributed by atoms with van der Waals surface area (Å²) in [7, 11) is 0. The molecule has 1 amide bonds. The van der Waals surface area contributed by atoms with Crippen LogP contribution in [0.1, 0.15) is 24.2 Å². The topological polar surface area (TPSA) is 64.7 Å². The average Bonchev–Trinajstić information content (AvgIpc) is 2.97. The molecule has 0 radical (unpaired) electrons. The number of carbonyl (C=O) groups excluding carboxylic acids is 1. The van der Waals surface area contributed by atoms with Gasteiger partial charge in [-0.2, -0.15) is 10.2 Å². The van der Waals surface area contributed by atoms with Gasteiger partial charge in [0.1, 0.15) is 10.2 Å². The molecule has 2 rings (SSSR count). The number of carbonyl (C=O) groups is 1. The molecule has 2 aromatic heterocycles. The van der Waals surface area contributed by atoms with Gasteiger partial charge in [-0.15, -0.1) is 0 Å². The van der Waals surface area contributed by atoms with E-state index in [1.165, 1.54) is 0 Å². The highest BCUT2D eigenvalue weighted by Crippen LogP contribution is 2.24. The fourth-order valence-electron chi connectivity index (χ4n) is 2.08. The molecular weight excluding hydrogens is 361 g/mol. The Kier molecular flexibility index (Phi) is 6.33. The summed E-state index contributed by atoms with van der Waals surface area (Å²) in [4.78, 5) is 11.8. The van der Waals surface area contributed by atoms with Crippen LogP contribution in [-0.2, 0) is 17.9 Å². The molecule has 0 spiro atoms. The molecule has 126 valence electrons.